The summed E-state index contributed by atoms with van der Waals surface area (Å²) in [5.74, 6) is -0.362. The number of hydrogen-bond acceptors (Lipinski definition) is 5. The van der Waals surface area contributed by atoms with Crippen LogP contribution in [-0.2, 0) is 16.6 Å². The van der Waals surface area contributed by atoms with Gasteiger partial charge in [-0.1, -0.05) is 30.3 Å². The molecule has 7 heteroatoms. The maximum atomic E-state index is 12.7. The molecule has 0 bridgehead atoms. The zero-order chi connectivity index (χ0) is 15.6. The van der Waals surface area contributed by atoms with Crippen LogP contribution in [0.15, 0.2) is 39.9 Å². The molecule has 0 amide bonds. The first kappa shape index (κ1) is 15.8. The van der Waals surface area contributed by atoms with Crippen LogP contribution in [0.2, 0.25) is 0 Å². The largest absolute Gasteiger partial charge is 0.504 e. The van der Waals surface area contributed by atoms with E-state index in [0.717, 1.165) is 16.9 Å². The molecule has 0 spiro atoms. The van der Waals surface area contributed by atoms with Gasteiger partial charge in [0.05, 0.1) is 5.69 Å². The summed E-state index contributed by atoms with van der Waals surface area (Å²) in [4.78, 5) is 0. The number of benzene rings is 1. The molecule has 0 saturated heterocycles. The molecule has 0 aliphatic rings. The number of rotatable bonds is 5. The van der Waals surface area contributed by atoms with Crippen LogP contribution in [0.1, 0.15) is 19.4 Å². The Balaban J connectivity index is 2.40. The van der Waals surface area contributed by atoms with Gasteiger partial charge in [0.2, 0.25) is 0 Å². The number of thiophene rings is 1. The van der Waals surface area contributed by atoms with Crippen molar-refractivity contribution in [2.24, 2.45) is 0 Å². The van der Waals surface area contributed by atoms with Crippen molar-refractivity contribution in [2.45, 2.75) is 30.6 Å². The summed E-state index contributed by atoms with van der Waals surface area (Å²) in [6.45, 7) is 3.85. The van der Waals surface area contributed by atoms with Gasteiger partial charge in [-0.25, -0.2) is 8.42 Å². The Kier molecular flexibility index (Phi) is 4.55. The van der Waals surface area contributed by atoms with Gasteiger partial charge in [0.15, 0.2) is 9.96 Å². The summed E-state index contributed by atoms with van der Waals surface area (Å²) < 4.78 is 26.7. The standard InChI is InChI=1S/C14H18N2O3S2/c1-10(2)16(8-11-6-4-3-5-7-11)21(18,19)14-13(17)12(15)9-20-14/h3-7,9-10,17H,8,15H2,1-2H3. The highest BCUT2D eigenvalue weighted by Gasteiger charge is 2.31. The molecular weight excluding hydrogens is 308 g/mol. The van der Waals surface area contributed by atoms with Crippen molar-refractivity contribution in [2.75, 3.05) is 5.73 Å². The number of anilines is 1. The fraction of sp³-hybridized carbons (Fsp3) is 0.286. The number of nitrogens with two attached hydrogens (primary N) is 1. The zero-order valence-corrected chi connectivity index (χ0v) is 13.5. The van der Waals surface area contributed by atoms with Crippen LogP contribution in [-0.4, -0.2) is 23.9 Å². The first-order valence-corrected chi connectivity index (χ1v) is 8.77. The van der Waals surface area contributed by atoms with Crippen LogP contribution in [0, 0.1) is 0 Å². The van der Waals surface area contributed by atoms with Crippen molar-refractivity contribution >= 4 is 27.0 Å². The third-order valence-corrected chi connectivity index (χ3v) is 6.59. The average molecular weight is 326 g/mol. The van der Waals surface area contributed by atoms with Crippen molar-refractivity contribution in [1.29, 1.82) is 0 Å². The maximum Gasteiger partial charge on any atom is 0.256 e. The monoisotopic (exact) mass is 326 g/mol. The maximum absolute atomic E-state index is 12.7. The Labute approximate surface area is 128 Å². The molecular formula is C14H18N2O3S2. The molecule has 0 radical (unpaired) electrons. The topological polar surface area (TPSA) is 83.6 Å². The number of nitrogens with zero attached hydrogens (tertiary/aromatic N) is 1. The quantitative estimate of drug-likeness (QED) is 0.884. The van der Waals surface area contributed by atoms with Crippen LogP contribution in [0.3, 0.4) is 0 Å². The molecule has 0 atom stereocenters. The van der Waals surface area contributed by atoms with E-state index in [4.69, 9.17) is 5.73 Å². The van der Waals surface area contributed by atoms with Crippen LogP contribution < -0.4 is 5.73 Å². The van der Waals surface area contributed by atoms with Crippen molar-refractivity contribution in [1.82, 2.24) is 4.31 Å². The van der Waals surface area contributed by atoms with Gasteiger partial charge in [0.25, 0.3) is 10.0 Å². The first-order chi connectivity index (χ1) is 9.84. The lowest BCUT2D eigenvalue weighted by Gasteiger charge is -2.25. The highest BCUT2D eigenvalue weighted by Crippen LogP contribution is 2.38. The van der Waals surface area contributed by atoms with Crippen LogP contribution in [0.4, 0.5) is 5.69 Å². The minimum atomic E-state index is -3.79. The second-order valence-electron chi connectivity index (χ2n) is 4.96. The molecule has 2 rings (SSSR count). The first-order valence-electron chi connectivity index (χ1n) is 6.45. The molecule has 0 aliphatic heterocycles. The smallest absolute Gasteiger partial charge is 0.256 e. The fourth-order valence-electron chi connectivity index (χ4n) is 1.94. The minimum Gasteiger partial charge on any atom is -0.504 e. The van der Waals surface area contributed by atoms with Crippen molar-refractivity contribution in [3.05, 3.63) is 41.3 Å². The Hall–Kier alpha value is -1.57. The lowest BCUT2D eigenvalue weighted by atomic mass is 10.2. The third-order valence-electron chi connectivity index (χ3n) is 3.06. The summed E-state index contributed by atoms with van der Waals surface area (Å²) in [7, 11) is -3.79. The summed E-state index contributed by atoms with van der Waals surface area (Å²) in [6, 6.07) is 9.10. The molecule has 0 unspecified atom stereocenters. The van der Waals surface area contributed by atoms with E-state index < -0.39 is 10.0 Å². The number of aromatic hydroxyl groups is 1. The molecule has 1 aromatic heterocycles. The lowest BCUT2D eigenvalue weighted by Crippen LogP contribution is -2.36. The van der Waals surface area contributed by atoms with E-state index in [1.54, 1.807) is 13.8 Å². The molecule has 1 aromatic carbocycles. The van der Waals surface area contributed by atoms with E-state index >= 15 is 0 Å². The van der Waals surface area contributed by atoms with Gasteiger partial charge in [-0.15, -0.1) is 11.3 Å². The average Bonchev–Trinajstić information content (AvgIpc) is 2.77. The van der Waals surface area contributed by atoms with Crippen molar-refractivity contribution in [3.63, 3.8) is 0 Å². The normalized spacial score (nSPS) is 12.2. The van der Waals surface area contributed by atoms with E-state index in [-0.39, 0.29) is 28.2 Å². The SMILES string of the molecule is CC(C)N(Cc1ccccc1)S(=O)(=O)c1scc(N)c1O. The minimum absolute atomic E-state index is 0.0852. The van der Waals surface area contributed by atoms with Gasteiger partial charge in [0.1, 0.15) is 0 Å². The van der Waals surface area contributed by atoms with Crippen molar-refractivity contribution < 1.29 is 13.5 Å². The molecule has 21 heavy (non-hydrogen) atoms. The van der Waals surface area contributed by atoms with Gasteiger partial charge < -0.3 is 10.8 Å². The Morgan fingerprint density at radius 1 is 1.29 bits per heavy atom. The van der Waals surface area contributed by atoms with Crippen LogP contribution in [0.5, 0.6) is 5.75 Å². The van der Waals surface area contributed by atoms with Gasteiger partial charge in [-0.2, -0.15) is 4.31 Å². The molecule has 0 saturated carbocycles. The zero-order valence-electron chi connectivity index (χ0n) is 11.9. The molecule has 2 aromatic rings. The number of sulfonamides is 1. The Morgan fingerprint density at radius 3 is 2.38 bits per heavy atom. The van der Waals surface area contributed by atoms with Crippen LogP contribution in [0.25, 0.3) is 0 Å². The highest BCUT2D eigenvalue weighted by atomic mass is 32.2. The van der Waals surface area contributed by atoms with E-state index in [1.165, 1.54) is 9.69 Å². The summed E-state index contributed by atoms with van der Waals surface area (Å²) in [5, 5.41) is 11.3. The molecule has 114 valence electrons. The van der Waals surface area contributed by atoms with Gasteiger partial charge in [0, 0.05) is 18.0 Å². The van der Waals surface area contributed by atoms with E-state index in [9.17, 15) is 13.5 Å². The fourth-order valence-corrected chi connectivity index (χ4v) is 4.89. The summed E-state index contributed by atoms with van der Waals surface area (Å²) in [6.07, 6.45) is 0. The van der Waals surface area contributed by atoms with E-state index in [2.05, 4.69) is 0 Å². The number of nitrogen functional groups attached to an aromatic ring is 1. The summed E-state index contributed by atoms with van der Waals surface area (Å²) in [5.41, 5.74) is 6.52. The number of hydrogen-bond donors (Lipinski definition) is 2. The highest BCUT2D eigenvalue weighted by molar-refractivity contribution is 7.91. The predicted octanol–water partition coefficient (Wildman–Crippen LogP) is 2.64. The molecule has 0 fully saturated rings. The molecule has 3 N–H and O–H groups in total. The second-order valence-corrected chi connectivity index (χ2v) is 7.92. The van der Waals surface area contributed by atoms with Crippen LogP contribution >= 0.6 is 11.3 Å². The lowest BCUT2D eigenvalue weighted by molar-refractivity contribution is 0.347. The second kappa shape index (κ2) is 6.05. The predicted molar refractivity (Wildman–Crippen MR) is 84.7 cm³/mol. The van der Waals surface area contributed by atoms with E-state index in [1.807, 2.05) is 30.3 Å². The molecule has 0 aliphatic carbocycles. The van der Waals surface area contributed by atoms with Gasteiger partial charge in [-0.05, 0) is 19.4 Å². The summed E-state index contributed by atoms with van der Waals surface area (Å²) >= 11 is 0.935. The molecule has 5 nitrogen and oxygen atoms in total. The Bertz CT molecular complexity index is 709. The Morgan fingerprint density at radius 2 is 1.90 bits per heavy atom. The molecule has 1 heterocycles. The van der Waals surface area contributed by atoms with Crippen molar-refractivity contribution in [3.8, 4) is 5.75 Å². The van der Waals surface area contributed by atoms with E-state index in [0.29, 0.717) is 0 Å². The van der Waals surface area contributed by atoms with Gasteiger partial charge >= 0.3 is 0 Å². The van der Waals surface area contributed by atoms with Gasteiger partial charge in [-0.3, -0.25) is 0 Å². The third kappa shape index (κ3) is 3.20.